The number of rotatable bonds is 5. The zero-order valence-corrected chi connectivity index (χ0v) is 10.3. The molecule has 0 aliphatic heterocycles. The third-order valence-corrected chi connectivity index (χ3v) is 2.38. The number of carbonyl (C=O) groups excluding carboxylic acids is 2. The van der Waals surface area contributed by atoms with Crippen LogP contribution in [0.3, 0.4) is 0 Å². The molecule has 1 rings (SSSR count). The molecule has 0 fully saturated rings. The van der Waals surface area contributed by atoms with Gasteiger partial charge < -0.3 is 10.1 Å². The van der Waals surface area contributed by atoms with Gasteiger partial charge in [-0.1, -0.05) is 0 Å². The molecule has 86 valence electrons. The first kappa shape index (κ1) is 12.6. The first-order valence-electron chi connectivity index (χ1n) is 4.68. The number of nitrogens with one attached hydrogen (secondary N) is 1. The average Bonchev–Trinajstić information content (AvgIpc) is 2.28. The van der Waals surface area contributed by atoms with Crippen LogP contribution in [-0.4, -0.2) is 24.0 Å². The second kappa shape index (κ2) is 6.22. The van der Waals surface area contributed by atoms with E-state index in [1.165, 1.54) is 0 Å². The van der Waals surface area contributed by atoms with Gasteiger partial charge in [0.05, 0.1) is 23.3 Å². The highest BCUT2D eigenvalue weighted by atomic mass is 79.9. The first-order valence-corrected chi connectivity index (χ1v) is 5.48. The van der Waals surface area contributed by atoms with Gasteiger partial charge in [0.2, 0.25) is 6.41 Å². The lowest BCUT2D eigenvalue weighted by atomic mass is 10.3. The highest BCUT2D eigenvalue weighted by Gasteiger charge is 2.13. The van der Waals surface area contributed by atoms with Gasteiger partial charge in [-0.15, -0.1) is 0 Å². The van der Waals surface area contributed by atoms with Crippen molar-refractivity contribution in [3.8, 4) is 0 Å². The maximum atomic E-state index is 11.5. The summed E-state index contributed by atoms with van der Waals surface area (Å²) in [5.41, 5.74) is 0.811. The van der Waals surface area contributed by atoms with Crippen molar-refractivity contribution in [3.63, 3.8) is 0 Å². The Hall–Kier alpha value is -1.43. The van der Waals surface area contributed by atoms with Crippen LogP contribution in [0.4, 0.5) is 0 Å². The van der Waals surface area contributed by atoms with Crippen molar-refractivity contribution in [1.29, 1.82) is 0 Å². The summed E-state index contributed by atoms with van der Waals surface area (Å²) in [5.74, 6) is -0.484. The van der Waals surface area contributed by atoms with Crippen LogP contribution < -0.4 is 5.32 Å². The Bertz CT molecular complexity index is 396. The van der Waals surface area contributed by atoms with E-state index in [1.807, 2.05) is 0 Å². The summed E-state index contributed by atoms with van der Waals surface area (Å²) in [5, 5.41) is 2.47. The molecule has 0 aliphatic rings. The van der Waals surface area contributed by atoms with Crippen LogP contribution in [0, 0.1) is 0 Å². The summed E-state index contributed by atoms with van der Waals surface area (Å²) >= 11 is 3.22. The van der Waals surface area contributed by atoms with E-state index in [0.29, 0.717) is 23.2 Å². The highest BCUT2D eigenvalue weighted by molar-refractivity contribution is 9.10. The molecule has 0 aliphatic carbocycles. The molecule has 0 unspecified atom stereocenters. The van der Waals surface area contributed by atoms with E-state index in [9.17, 15) is 9.59 Å². The van der Waals surface area contributed by atoms with Crippen LogP contribution >= 0.6 is 15.9 Å². The number of halogens is 1. The molecule has 6 heteroatoms. The molecule has 1 aromatic rings. The molecule has 16 heavy (non-hydrogen) atoms. The highest BCUT2D eigenvalue weighted by Crippen LogP contribution is 2.16. The van der Waals surface area contributed by atoms with Gasteiger partial charge in [0.1, 0.15) is 0 Å². The maximum Gasteiger partial charge on any atom is 0.358 e. The average molecular weight is 287 g/mol. The monoisotopic (exact) mass is 286 g/mol. The van der Waals surface area contributed by atoms with E-state index in [4.69, 9.17) is 4.74 Å². The van der Waals surface area contributed by atoms with Gasteiger partial charge in [-0.05, 0) is 35.0 Å². The SMILES string of the molecule is CCOC(=O)c1nc(CNC=O)ccc1Br. The normalized spacial score (nSPS) is 9.62. The Morgan fingerprint density at radius 3 is 3.00 bits per heavy atom. The number of nitrogens with zero attached hydrogens (tertiary/aromatic N) is 1. The van der Waals surface area contributed by atoms with Gasteiger partial charge in [-0.3, -0.25) is 4.79 Å². The minimum Gasteiger partial charge on any atom is -0.461 e. The van der Waals surface area contributed by atoms with Crippen LogP contribution in [0.5, 0.6) is 0 Å². The number of aromatic nitrogens is 1. The molecule has 1 N–H and O–H groups in total. The van der Waals surface area contributed by atoms with Crippen LogP contribution in [-0.2, 0) is 16.1 Å². The summed E-state index contributed by atoms with van der Waals surface area (Å²) in [7, 11) is 0. The molecular weight excluding hydrogens is 276 g/mol. The molecular formula is C10H11BrN2O3. The lowest BCUT2D eigenvalue weighted by Crippen LogP contribution is -2.14. The molecule has 0 bridgehead atoms. The van der Waals surface area contributed by atoms with E-state index in [-0.39, 0.29) is 12.2 Å². The van der Waals surface area contributed by atoms with Crippen molar-refractivity contribution in [2.24, 2.45) is 0 Å². The number of ether oxygens (including phenoxy) is 1. The Morgan fingerprint density at radius 2 is 2.38 bits per heavy atom. The number of esters is 1. The predicted octanol–water partition coefficient (Wildman–Crippen LogP) is 1.27. The summed E-state index contributed by atoms with van der Waals surface area (Å²) in [6, 6.07) is 3.41. The fourth-order valence-corrected chi connectivity index (χ4v) is 1.45. The second-order valence-electron chi connectivity index (χ2n) is 2.85. The van der Waals surface area contributed by atoms with Gasteiger partial charge in [-0.25, -0.2) is 9.78 Å². The van der Waals surface area contributed by atoms with E-state index in [1.54, 1.807) is 19.1 Å². The van der Waals surface area contributed by atoms with Crippen LogP contribution in [0.15, 0.2) is 16.6 Å². The molecule has 1 heterocycles. The van der Waals surface area contributed by atoms with Crippen molar-refractivity contribution >= 4 is 28.3 Å². The largest absolute Gasteiger partial charge is 0.461 e. The van der Waals surface area contributed by atoms with Crippen molar-refractivity contribution in [2.75, 3.05) is 6.61 Å². The van der Waals surface area contributed by atoms with Crippen molar-refractivity contribution in [2.45, 2.75) is 13.5 Å². The molecule has 0 radical (unpaired) electrons. The number of amides is 1. The summed E-state index contributed by atoms with van der Waals surface area (Å²) in [6.07, 6.45) is 0.577. The zero-order valence-electron chi connectivity index (χ0n) is 8.70. The Morgan fingerprint density at radius 1 is 1.62 bits per heavy atom. The lowest BCUT2D eigenvalue weighted by molar-refractivity contribution is -0.109. The molecule has 0 atom stereocenters. The predicted molar refractivity (Wildman–Crippen MR) is 60.8 cm³/mol. The third-order valence-electron chi connectivity index (χ3n) is 1.74. The fourth-order valence-electron chi connectivity index (χ4n) is 1.07. The quantitative estimate of drug-likeness (QED) is 0.654. The van der Waals surface area contributed by atoms with E-state index in [2.05, 4.69) is 26.2 Å². The van der Waals surface area contributed by atoms with Gasteiger partial charge in [0.25, 0.3) is 0 Å². The van der Waals surface area contributed by atoms with Gasteiger partial charge in [0.15, 0.2) is 5.69 Å². The Labute approximate surface area is 101 Å². The molecule has 1 aromatic heterocycles. The fraction of sp³-hybridized carbons (Fsp3) is 0.300. The van der Waals surface area contributed by atoms with Crippen LogP contribution in [0.1, 0.15) is 23.1 Å². The minimum absolute atomic E-state index is 0.215. The molecule has 5 nitrogen and oxygen atoms in total. The first-order chi connectivity index (χ1) is 7.69. The Balaban J connectivity index is 2.89. The molecule has 0 saturated heterocycles. The molecule has 0 saturated carbocycles. The number of carbonyl (C=O) groups is 2. The molecule has 1 amide bonds. The van der Waals surface area contributed by atoms with E-state index in [0.717, 1.165) is 0 Å². The maximum absolute atomic E-state index is 11.5. The second-order valence-corrected chi connectivity index (χ2v) is 3.71. The van der Waals surface area contributed by atoms with E-state index >= 15 is 0 Å². The number of pyridine rings is 1. The Kier molecular flexibility index (Phi) is 4.91. The zero-order chi connectivity index (χ0) is 12.0. The van der Waals surface area contributed by atoms with Gasteiger partial charge in [-0.2, -0.15) is 0 Å². The third kappa shape index (κ3) is 3.30. The topological polar surface area (TPSA) is 68.3 Å². The molecule has 0 spiro atoms. The van der Waals surface area contributed by atoms with Crippen LogP contribution in [0.25, 0.3) is 0 Å². The summed E-state index contributed by atoms with van der Waals surface area (Å²) < 4.78 is 5.42. The number of hydrogen-bond acceptors (Lipinski definition) is 4. The minimum atomic E-state index is -0.484. The van der Waals surface area contributed by atoms with Gasteiger partial charge in [0, 0.05) is 0 Å². The smallest absolute Gasteiger partial charge is 0.358 e. The van der Waals surface area contributed by atoms with E-state index < -0.39 is 5.97 Å². The van der Waals surface area contributed by atoms with Crippen LogP contribution in [0.2, 0.25) is 0 Å². The summed E-state index contributed by atoms with van der Waals surface area (Å²) in [4.78, 5) is 25.7. The van der Waals surface area contributed by atoms with Crippen molar-refractivity contribution in [1.82, 2.24) is 10.3 Å². The lowest BCUT2D eigenvalue weighted by Gasteiger charge is -2.05. The molecule has 0 aromatic carbocycles. The summed E-state index contributed by atoms with van der Waals surface area (Å²) in [6.45, 7) is 2.30. The van der Waals surface area contributed by atoms with Gasteiger partial charge >= 0.3 is 5.97 Å². The number of hydrogen-bond donors (Lipinski definition) is 1. The van der Waals surface area contributed by atoms with Crippen molar-refractivity contribution in [3.05, 3.63) is 28.0 Å². The van der Waals surface area contributed by atoms with Crippen molar-refractivity contribution < 1.29 is 14.3 Å². The standard InChI is InChI=1S/C10H11BrN2O3/c1-2-16-10(15)9-8(11)4-3-7(13-9)5-12-6-14/h3-4,6H,2,5H2,1H3,(H,12,14).